The zero-order valence-electron chi connectivity index (χ0n) is 15.3. The summed E-state index contributed by atoms with van der Waals surface area (Å²) in [5.41, 5.74) is 1.40. The van der Waals surface area contributed by atoms with Crippen molar-refractivity contribution in [2.24, 2.45) is 0 Å². The maximum Gasteiger partial charge on any atom is 0.270 e. The number of hydrogen-bond acceptors (Lipinski definition) is 5. The third kappa shape index (κ3) is 4.96. The van der Waals surface area contributed by atoms with Gasteiger partial charge in [-0.2, -0.15) is 0 Å². The van der Waals surface area contributed by atoms with E-state index >= 15 is 0 Å². The van der Waals surface area contributed by atoms with Crippen molar-refractivity contribution in [2.45, 2.75) is 6.92 Å². The molecule has 0 aliphatic carbocycles. The molecule has 1 amide bonds. The summed E-state index contributed by atoms with van der Waals surface area (Å²) in [6, 6.07) is 10.7. The zero-order chi connectivity index (χ0) is 21.0. The molecule has 1 aliphatic heterocycles. The van der Waals surface area contributed by atoms with Crippen LogP contribution in [0.3, 0.4) is 0 Å². The van der Waals surface area contributed by atoms with Gasteiger partial charge in [0.1, 0.15) is 6.61 Å². The summed E-state index contributed by atoms with van der Waals surface area (Å²) in [4.78, 5) is 14.9. The maximum atomic E-state index is 13.0. The van der Waals surface area contributed by atoms with Crippen LogP contribution >= 0.6 is 51.5 Å². The lowest BCUT2D eigenvalue weighted by molar-refractivity contribution is -0.113. The fourth-order valence-electron chi connectivity index (χ4n) is 2.65. The van der Waals surface area contributed by atoms with Gasteiger partial charge < -0.3 is 9.47 Å². The van der Waals surface area contributed by atoms with Crippen LogP contribution in [0.25, 0.3) is 6.08 Å². The molecule has 4 nitrogen and oxygen atoms in total. The Kier molecular flexibility index (Phi) is 7.25. The van der Waals surface area contributed by atoms with Crippen molar-refractivity contribution >= 4 is 73.5 Å². The first-order valence-corrected chi connectivity index (χ1v) is 10.9. The number of amides is 1. The highest BCUT2D eigenvalue weighted by molar-refractivity contribution is 9.10. The second-order valence-corrected chi connectivity index (χ2v) is 8.72. The molecule has 1 heterocycles. The lowest BCUT2D eigenvalue weighted by atomic mass is 10.1. The van der Waals surface area contributed by atoms with Gasteiger partial charge in [0, 0.05) is 5.02 Å². The summed E-state index contributed by atoms with van der Waals surface area (Å²) in [7, 11) is 0. The summed E-state index contributed by atoms with van der Waals surface area (Å²) < 4.78 is 12.4. The average Bonchev–Trinajstić information content (AvgIpc) is 2.94. The number of benzene rings is 2. The lowest BCUT2D eigenvalue weighted by Crippen LogP contribution is -2.27. The molecule has 1 fully saturated rings. The third-order valence-corrected chi connectivity index (χ3v) is 5.92. The Hall–Kier alpha value is -1.98. The summed E-state index contributed by atoms with van der Waals surface area (Å²) in [6.45, 7) is 2.46. The second kappa shape index (κ2) is 9.68. The molecule has 0 bridgehead atoms. The smallest absolute Gasteiger partial charge is 0.270 e. The van der Waals surface area contributed by atoms with Crippen LogP contribution in [0.5, 0.6) is 11.5 Å². The number of carbonyl (C=O) groups excluding carboxylic acids is 1. The van der Waals surface area contributed by atoms with E-state index in [1.54, 1.807) is 36.4 Å². The molecule has 1 aliphatic rings. The van der Waals surface area contributed by atoms with Gasteiger partial charge in [-0.1, -0.05) is 47.6 Å². The first-order valence-electron chi connectivity index (χ1n) is 8.50. The highest BCUT2D eigenvalue weighted by atomic mass is 79.9. The average molecular weight is 509 g/mol. The number of anilines is 1. The SMILES string of the molecule is C#CCOc1c(Br)cc(/C=C2/SC(=S)N(c3cccc(Cl)c3)C2=O)cc1OCC. The predicted molar refractivity (Wildman–Crippen MR) is 127 cm³/mol. The van der Waals surface area contributed by atoms with Crippen molar-refractivity contribution in [3.05, 3.63) is 56.4 Å². The monoisotopic (exact) mass is 507 g/mol. The number of hydrogen-bond donors (Lipinski definition) is 0. The molecule has 1 saturated heterocycles. The van der Waals surface area contributed by atoms with Gasteiger partial charge in [0.05, 0.1) is 21.7 Å². The lowest BCUT2D eigenvalue weighted by Gasteiger charge is -2.14. The van der Waals surface area contributed by atoms with Gasteiger partial charge in [0.25, 0.3) is 5.91 Å². The zero-order valence-corrected chi connectivity index (χ0v) is 19.3. The molecule has 2 aromatic carbocycles. The largest absolute Gasteiger partial charge is 0.490 e. The first kappa shape index (κ1) is 21.7. The number of ether oxygens (including phenoxy) is 2. The minimum Gasteiger partial charge on any atom is -0.490 e. The normalized spacial score (nSPS) is 15.0. The van der Waals surface area contributed by atoms with E-state index in [0.717, 1.165) is 5.56 Å². The van der Waals surface area contributed by atoms with Gasteiger partial charge in [-0.3, -0.25) is 9.69 Å². The molecule has 0 radical (unpaired) electrons. The maximum absolute atomic E-state index is 13.0. The number of rotatable bonds is 6. The number of nitrogens with zero attached hydrogens (tertiary/aromatic N) is 1. The summed E-state index contributed by atoms with van der Waals surface area (Å²) in [5, 5.41) is 0.536. The van der Waals surface area contributed by atoms with E-state index < -0.39 is 0 Å². The van der Waals surface area contributed by atoms with Crippen molar-refractivity contribution in [3.8, 4) is 23.8 Å². The highest BCUT2D eigenvalue weighted by Crippen LogP contribution is 2.40. The molecule has 0 atom stereocenters. The van der Waals surface area contributed by atoms with Crippen molar-refractivity contribution in [1.29, 1.82) is 0 Å². The van der Waals surface area contributed by atoms with E-state index in [1.165, 1.54) is 16.7 Å². The highest BCUT2D eigenvalue weighted by Gasteiger charge is 2.33. The number of terminal acetylenes is 1. The molecular weight excluding hydrogens is 494 g/mol. The number of thiocarbonyl (C=S) groups is 1. The summed E-state index contributed by atoms with van der Waals surface area (Å²) in [6.07, 6.45) is 7.05. The van der Waals surface area contributed by atoms with Crippen molar-refractivity contribution in [2.75, 3.05) is 18.1 Å². The van der Waals surface area contributed by atoms with Crippen LogP contribution in [0.2, 0.25) is 5.02 Å². The van der Waals surface area contributed by atoms with E-state index in [4.69, 9.17) is 39.7 Å². The Morgan fingerprint density at radius 3 is 2.83 bits per heavy atom. The van der Waals surface area contributed by atoms with Crippen LogP contribution in [0.1, 0.15) is 12.5 Å². The van der Waals surface area contributed by atoms with E-state index in [2.05, 4.69) is 21.9 Å². The van der Waals surface area contributed by atoms with Crippen molar-refractivity contribution in [1.82, 2.24) is 0 Å². The molecular formula is C21H15BrClNO3S2. The molecule has 148 valence electrons. The van der Waals surface area contributed by atoms with Crippen LogP contribution < -0.4 is 14.4 Å². The Labute approximate surface area is 192 Å². The van der Waals surface area contributed by atoms with Crippen molar-refractivity contribution in [3.63, 3.8) is 0 Å². The molecule has 29 heavy (non-hydrogen) atoms. The molecule has 3 rings (SSSR count). The van der Waals surface area contributed by atoms with E-state index in [1.807, 2.05) is 13.0 Å². The Balaban J connectivity index is 1.95. The van der Waals surface area contributed by atoms with Crippen LogP contribution in [0.4, 0.5) is 5.69 Å². The summed E-state index contributed by atoms with van der Waals surface area (Å²) >= 11 is 16.2. The van der Waals surface area contributed by atoms with Gasteiger partial charge in [0.15, 0.2) is 15.8 Å². The van der Waals surface area contributed by atoms with Gasteiger partial charge in [-0.05, 0) is 64.8 Å². The molecule has 8 heteroatoms. The fourth-order valence-corrected chi connectivity index (χ4v) is 4.70. The van der Waals surface area contributed by atoms with Crippen LogP contribution in [-0.2, 0) is 4.79 Å². The van der Waals surface area contributed by atoms with E-state index in [9.17, 15) is 4.79 Å². The molecule has 2 aromatic rings. The predicted octanol–water partition coefficient (Wildman–Crippen LogP) is 5.92. The number of thioether (sulfide) groups is 1. The third-order valence-electron chi connectivity index (χ3n) is 3.79. The molecule has 0 unspecified atom stereocenters. The standard InChI is InChI=1S/C21H15BrClNO3S2/c1-3-8-27-19-16(22)9-13(10-17(19)26-4-2)11-18-20(25)24(21(28)29-18)15-7-5-6-14(23)12-15/h1,5-7,9-12H,4,8H2,2H3/b18-11+. The van der Waals surface area contributed by atoms with Crippen LogP contribution in [0, 0.1) is 12.3 Å². The molecule has 0 spiro atoms. The minimum absolute atomic E-state index is 0.121. The minimum atomic E-state index is -0.205. The van der Waals surface area contributed by atoms with E-state index in [0.29, 0.717) is 42.5 Å². The van der Waals surface area contributed by atoms with Gasteiger partial charge in [0.2, 0.25) is 0 Å². The van der Waals surface area contributed by atoms with Crippen molar-refractivity contribution < 1.29 is 14.3 Å². The fraction of sp³-hybridized carbons (Fsp3) is 0.143. The van der Waals surface area contributed by atoms with Crippen LogP contribution in [-0.4, -0.2) is 23.4 Å². The van der Waals surface area contributed by atoms with E-state index in [-0.39, 0.29) is 12.5 Å². The molecule has 0 aromatic heterocycles. The quantitative estimate of drug-likeness (QED) is 0.275. The Morgan fingerprint density at radius 2 is 2.14 bits per heavy atom. The molecule has 0 N–H and O–H groups in total. The Bertz CT molecular complexity index is 1050. The second-order valence-electron chi connectivity index (χ2n) is 5.75. The Morgan fingerprint density at radius 1 is 1.34 bits per heavy atom. The topological polar surface area (TPSA) is 38.8 Å². The van der Waals surface area contributed by atoms with Gasteiger partial charge in [-0.25, -0.2) is 0 Å². The number of halogens is 2. The molecule has 0 saturated carbocycles. The van der Waals surface area contributed by atoms with Gasteiger partial charge >= 0.3 is 0 Å². The van der Waals surface area contributed by atoms with Gasteiger partial charge in [-0.15, -0.1) is 6.42 Å². The summed E-state index contributed by atoms with van der Waals surface area (Å²) in [5.74, 6) is 3.29. The van der Waals surface area contributed by atoms with Crippen LogP contribution in [0.15, 0.2) is 45.8 Å². The first-order chi connectivity index (χ1) is 13.9. The number of carbonyl (C=O) groups is 1.